The minimum Gasteiger partial charge on any atom is -0.497 e. The molecule has 4 rings (SSSR count). The Labute approximate surface area is 156 Å². The Morgan fingerprint density at radius 1 is 1.15 bits per heavy atom. The molecule has 0 unspecified atom stereocenters. The molecule has 2 heterocycles. The lowest BCUT2D eigenvalue weighted by molar-refractivity contribution is -0.115. The Morgan fingerprint density at radius 2 is 1.85 bits per heavy atom. The lowest BCUT2D eigenvalue weighted by Gasteiger charge is -2.27. The first-order chi connectivity index (χ1) is 13.1. The van der Waals surface area contributed by atoms with Crippen molar-refractivity contribution in [3.05, 3.63) is 71.4 Å². The van der Waals surface area contributed by atoms with Crippen molar-refractivity contribution >= 4 is 11.9 Å². The van der Waals surface area contributed by atoms with Gasteiger partial charge in [0.05, 0.1) is 12.7 Å². The zero-order valence-corrected chi connectivity index (χ0v) is 15.0. The summed E-state index contributed by atoms with van der Waals surface area (Å²) in [5.41, 5.74) is 8.60. The molecule has 0 radical (unpaired) electrons. The monoisotopic (exact) mass is 361 g/mol. The molecule has 1 atom stereocenters. The fourth-order valence-electron chi connectivity index (χ4n) is 3.28. The van der Waals surface area contributed by atoms with Crippen LogP contribution >= 0.6 is 0 Å². The number of methoxy groups -OCH3 is 1. The van der Waals surface area contributed by atoms with Crippen LogP contribution in [0.3, 0.4) is 0 Å². The van der Waals surface area contributed by atoms with Crippen LogP contribution in [-0.4, -0.2) is 27.8 Å². The van der Waals surface area contributed by atoms with Gasteiger partial charge in [0.1, 0.15) is 11.8 Å². The van der Waals surface area contributed by atoms with Gasteiger partial charge in [-0.1, -0.05) is 30.3 Å². The second-order valence-electron chi connectivity index (χ2n) is 6.27. The number of hydrogen-bond acceptors (Lipinski definition) is 5. The molecule has 0 spiro atoms. The highest BCUT2D eigenvalue weighted by molar-refractivity contribution is 5.95. The van der Waals surface area contributed by atoms with Crippen LogP contribution in [0.2, 0.25) is 0 Å². The molecular formula is C20H19N5O2. The predicted molar refractivity (Wildman–Crippen MR) is 102 cm³/mol. The van der Waals surface area contributed by atoms with Gasteiger partial charge in [-0.2, -0.15) is 4.98 Å². The summed E-state index contributed by atoms with van der Waals surface area (Å²) in [6.45, 7) is 1.82. The maximum absolute atomic E-state index is 12.2. The number of nitrogens with zero attached hydrogens (tertiary/aromatic N) is 3. The molecule has 7 heteroatoms. The minimum atomic E-state index is -0.485. The molecule has 0 fully saturated rings. The van der Waals surface area contributed by atoms with Crippen molar-refractivity contribution in [1.82, 2.24) is 14.8 Å². The highest BCUT2D eigenvalue weighted by atomic mass is 16.5. The molecule has 1 aromatic heterocycles. The number of amides is 1. The lowest BCUT2D eigenvalue weighted by atomic mass is 9.95. The first-order valence-electron chi connectivity index (χ1n) is 8.52. The largest absolute Gasteiger partial charge is 0.497 e. The van der Waals surface area contributed by atoms with Crippen molar-refractivity contribution in [3.63, 3.8) is 0 Å². The predicted octanol–water partition coefficient (Wildman–Crippen LogP) is 2.73. The van der Waals surface area contributed by atoms with Gasteiger partial charge in [0.25, 0.3) is 0 Å². The van der Waals surface area contributed by atoms with Gasteiger partial charge in [-0.3, -0.25) is 4.79 Å². The number of allylic oxidation sites excluding steroid dienone is 1. The summed E-state index contributed by atoms with van der Waals surface area (Å²) in [5.74, 6) is 1.40. The Hall–Kier alpha value is -3.61. The average Bonchev–Trinajstić information content (AvgIpc) is 3.11. The van der Waals surface area contributed by atoms with E-state index in [1.54, 1.807) is 11.8 Å². The van der Waals surface area contributed by atoms with Crippen LogP contribution in [0.15, 0.2) is 65.9 Å². The quantitative estimate of drug-likeness (QED) is 0.745. The van der Waals surface area contributed by atoms with E-state index in [1.807, 2.05) is 61.5 Å². The van der Waals surface area contributed by atoms with E-state index >= 15 is 0 Å². The van der Waals surface area contributed by atoms with Gasteiger partial charge in [0, 0.05) is 11.3 Å². The number of hydrogen-bond donors (Lipinski definition) is 2. The molecule has 1 amide bonds. The molecule has 3 N–H and O–H groups in total. The molecule has 0 bridgehead atoms. The number of rotatable bonds is 4. The summed E-state index contributed by atoms with van der Waals surface area (Å²) < 4.78 is 6.91. The van der Waals surface area contributed by atoms with Crippen LogP contribution in [0, 0.1) is 0 Å². The average molecular weight is 361 g/mol. The first kappa shape index (κ1) is 16.8. The highest BCUT2D eigenvalue weighted by Crippen LogP contribution is 2.36. The number of benzene rings is 2. The van der Waals surface area contributed by atoms with Gasteiger partial charge in [-0.05, 0) is 36.8 Å². The number of carbonyl (C=O) groups is 1. The fraction of sp³-hybridized carbons (Fsp3) is 0.150. The maximum atomic E-state index is 12.2. The molecule has 0 saturated carbocycles. The van der Waals surface area contributed by atoms with E-state index in [1.165, 1.54) is 0 Å². The van der Waals surface area contributed by atoms with Crippen LogP contribution in [0.4, 0.5) is 5.95 Å². The molecule has 1 aliphatic heterocycles. The Kier molecular flexibility index (Phi) is 4.12. The van der Waals surface area contributed by atoms with Gasteiger partial charge in [0.15, 0.2) is 5.82 Å². The van der Waals surface area contributed by atoms with E-state index in [9.17, 15) is 4.79 Å². The third-order valence-corrected chi connectivity index (χ3v) is 4.58. The van der Waals surface area contributed by atoms with Gasteiger partial charge < -0.3 is 15.8 Å². The molecule has 7 nitrogen and oxygen atoms in total. The van der Waals surface area contributed by atoms with E-state index in [0.717, 1.165) is 16.9 Å². The third-order valence-electron chi connectivity index (χ3n) is 4.58. The lowest BCUT2D eigenvalue weighted by Crippen LogP contribution is -2.31. The van der Waals surface area contributed by atoms with E-state index in [4.69, 9.17) is 10.5 Å². The molecule has 0 saturated heterocycles. The smallest absolute Gasteiger partial charge is 0.248 e. The standard InChI is InChI=1S/C20H19N5O2/c1-12-16(18(21)26)17(13-6-4-3-5-7-13)25-20(22-12)23-19(24-25)14-8-10-15(27-2)11-9-14/h3-11,17H,1-2H3,(H2,21,26)(H,22,23,24)/t17-/m1/s1. The van der Waals surface area contributed by atoms with Crippen molar-refractivity contribution in [2.24, 2.45) is 5.73 Å². The molecule has 3 aromatic rings. The SMILES string of the molecule is COc1ccc(-c2nc3n(n2)[C@H](c2ccccc2)C(C(N)=O)=C(C)N3)cc1. The second kappa shape index (κ2) is 6.60. The van der Waals surface area contributed by atoms with Crippen LogP contribution in [0.1, 0.15) is 18.5 Å². The Morgan fingerprint density at radius 3 is 2.48 bits per heavy atom. The molecule has 0 aliphatic carbocycles. The van der Waals surface area contributed by atoms with E-state index in [0.29, 0.717) is 23.0 Å². The third kappa shape index (κ3) is 2.93. The first-order valence-corrected chi connectivity index (χ1v) is 8.52. The Bertz CT molecular complexity index is 1020. The number of carbonyl (C=O) groups excluding carboxylic acids is 1. The highest BCUT2D eigenvalue weighted by Gasteiger charge is 2.33. The van der Waals surface area contributed by atoms with Crippen molar-refractivity contribution < 1.29 is 9.53 Å². The summed E-state index contributed by atoms with van der Waals surface area (Å²) in [6.07, 6.45) is 0. The van der Waals surface area contributed by atoms with Gasteiger partial charge >= 0.3 is 0 Å². The van der Waals surface area contributed by atoms with Crippen LogP contribution in [-0.2, 0) is 4.79 Å². The number of primary amides is 1. The summed E-state index contributed by atoms with van der Waals surface area (Å²) >= 11 is 0. The van der Waals surface area contributed by atoms with Crippen molar-refractivity contribution in [3.8, 4) is 17.1 Å². The normalized spacial score (nSPS) is 15.9. The summed E-state index contributed by atoms with van der Waals surface area (Å²) in [6, 6.07) is 16.7. The molecule has 136 valence electrons. The molecule has 2 aromatic carbocycles. The van der Waals surface area contributed by atoms with Crippen LogP contribution in [0.5, 0.6) is 5.75 Å². The van der Waals surface area contributed by atoms with Crippen LogP contribution < -0.4 is 15.8 Å². The number of ether oxygens (including phenoxy) is 1. The summed E-state index contributed by atoms with van der Waals surface area (Å²) in [4.78, 5) is 16.8. The second-order valence-corrected chi connectivity index (χ2v) is 6.27. The van der Waals surface area contributed by atoms with Crippen LogP contribution in [0.25, 0.3) is 11.4 Å². The topological polar surface area (TPSA) is 95.1 Å². The zero-order valence-electron chi connectivity index (χ0n) is 15.0. The number of nitrogens with one attached hydrogen (secondary N) is 1. The van der Waals surface area contributed by atoms with Crippen molar-refractivity contribution in [2.75, 3.05) is 12.4 Å². The number of fused-ring (bicyclic) bond motifs is 1. The number of aromatic nitrogens is 3. The zero-order chi connectivity index (χ0) is 19.0. The molecule has 27 heavy (non-hydrogen) atoms. The summed E-state index contributed by atoms with van der Waals surface area (Å²) in [5, 5.41) is 7.81. The van der Waals surface area contributed by atoms with Gasteiger partial charge in [-0.15, -0.1) is 5.10 Å². The van der Waals surface area contributed by atoms with Gasteiger partial charge in [-0.25, -0.2) is 4.68 Å². The number of nitrogens with two attached hydrogens (primary N) is 1. The minimum absolute atomic E-state index is 0.431. The molecular weight excluding hydrogens is 342 g/mol. The Balaban J connectivity index is 1.83. The van der Waals surface area contributed by atoms with E-state index < -0.39 is 11.9 Å². The number of anilines is 1. The molecule has 1 aliphatic rings. The van der Waals surface area contributed by atoms with Crippen molar-refractivity contribution in [2.45, 2.75) is 13.0 Å². The van der Waals surface area contributed by atoms with E-state index in [-0.39, 0.29) is 0 Å². The fourth-order valence-corrected chi connectivity index (χ4v) is 3.28. The van der Waals surface area contributed by atoms with Gasteiger partial charge in [0.2, 0.25) is 11.9 Å². The summed E-state index contributed by atoms with van der Waals surface area (Å²) in [7, 11) is 1.62. The maximum Gasteiger partial charge on any atom is 0.248 e. The van der Waals surface area contributed by atoms with Crippen molar-refractivity contribution in [1.29, 1.82) is 0 Å². The van der Waals surface area contributed by atoms with E-state index in [2.05, 4.69) is 15.4 Å².